The van der Waals surface area contributed by atoms with E-state index in [1.165, 1.54) is 20.1 Å². The van der Waals surface area contributed by atoms with Gasteiger partial charge in [0.15, 0.2) is 17.3 Å². The van der Waals surface area contributed by atoms with Crippen LogP contribution in [-0.2, 0) is 0 Å². The summed E-state index contributed by atoms with van der Waals surface area (Å²) in [6.45, 7) is 3.83. The molecule has 1 aliphatic carbocycles. The van der Waals surface area contributed by atoms with E-state index in [0.29, 0.717) is 11.3 Å². The van der Waals surface area contributed by atoms with Crippen molar-refractivity contribution < 1.29 is 19.7 Å². The van der Waals surface area contributed by atoms with E-state index >= 15 is 0 Å². The Morgan fingerprint density at radius 3 is 2.48 bits per heavy atom. The van der Waals surface area contributed by atoms with E-state index in [9.17, 15) is 15.0 Å². The summed E-state index contributed by atoms with van der Waals surface area (Å²) >= 11 is 0. The highest BCUT2D eigenvalue weighted by Gasteiger charge is 2.32. The topological polar surface area (TPSA) is 66.8 Å². The van der Waals surface area contributed by atoms with Crippen molar-refractivity contribution in [2.45, 2.75) is 45.4 Å². The van der Waals surface area contributed by atoms with Gasteiger partial charge in [-0.1, -0.05) is 6.92 Å². The molecular formula is C17H24O4. The van der Waals surface area contributed by atoms with Crippen LogP contribution < -0.4 is 4.74 Å². The van der Waals surface area contributed by atoms with Crippen molar-refractivity contribution in [2.24, 2.45) is 5.41 Å². The second kappa shape index (κ2) is 6.06. The number of carbonyl (C=O) groups is 1. The highest BCUT2D eigenvalue weighted by atomic mass is 16.5. The lowest BCUT2D eigenvalue weighted by molar-refractivity contribution is 0.0926. The van der Waals surface area contributed by atoms with E-state index in [1.807, 2.05) is 0 Å². The number of carbonyl (C=O) groups excluding carboxylic acids is 1. The highest BCUT2D eigenvalue weighted by Crippen LogP contribution is 2.45. The molecule has 1 fully saturated rings. The second-order valence-electron chi connectivity index (χ2n) is 6.41. The highest BCUT2D eigenvalue weighted by molar-refractivity contribution is 5.96. The van der Waals surface area contributed by atoms with Crippen LogP contribution in [0.3, 0.4) is 0 Å². The normalized spacial score (nSPS) is 25.6. The Hall–Kier alpha value is -1.55. The molecule has 1 saturated carbocycles. The molecule has 0 aromatic heterocycles. The lowest BCUT2D eigenvalue weighted by atomic mass is 9.70. The first kappa shape index (κ1) is 15.8. The van der Waals surface area contributed by atoms with E-state index in [0.717, 1.165) is 31.2 Å². The van der Waals surface area contributed by atoms with Crippen molar-refractivity contribution in [3.8, 4) is 11.5 Å². The predicted molar refractivity (Wildman–Crippen MR) is 81.1 cm³/mol. The summed E-state index contributed by atoms with van der Waals surface area (Å²) in [5.74, 6) is 0.643. The molecule has 0 amide bonds. The third-order valence-corrected chi connectivity index (χ3v) is 4.74. The van der Waals surface area contributed by atoms with Crippen molar-refractivity contribution in [3.63, 3.8) is 0 Å². The number of aliphatic hydroxyl groups is 1. The predicted octanol–water partition coefficient (Wildman–Crippen LogP) is 3.26. The number of hydrogen-bond donors (Lipinski definition) is 2. The molecule has 0 unspecified atom stereocenters. The molecule has 0 atom stereocenters. The van der Waals surface area contributed by atoms with Gasteiger partial charge in [-0.25, -0.2) is 0 Å². The smallest absolute Gasteiger partial charge is 0.160 e. The molecular weight excluding hydrogens is 268 g/mol. The SMILES string of the molecule is COc1cc(C2CCC(C)(CO)CC2)c(C(C)=O)cc1O. The second-order valence-corrected chi connectivity index (χ2v) is 6.41. The minimum Gasteiger partial charge on any atom is -0.504 e. The average Bonchev–Trinajstić information content (AvgIpc) is 2.48. The van der Waals surface area contributed by atoms with Crippen LogP contribution in [0.4, 0.5) is 0 Å². The Morgan fingerprint density at radius 1 is 1.38 bits per heavy atom. The van der Waals surface area contributed by atoms with Crippen LogP contribution in [0.2, 0.25) is 0 Å². The largest absolute Gasteiger partial charge is 0.504 e. The van der Waals surface area contributed by atoms with Gasteiger partial charge in [-0.05, 0) is 61.6 Å². The summed E-state index contributed by atoms with van der Waals surface area (Å²) in [5, 5.41) is 19.3. The maximum atomic E-state index is 11.9. The number of ketones is 1. The molecule has 0 bridgehead atoms. The standard InChI is InChI=1S/C17H24O4/c1-11(19)13-8-15(20)16(21-3)9-14(13)12-4-6-17(2,10-18)7-5-12/h8-9,12,18,20H,4-7,10H2,1-3H3. The molecule has 0 heterocycles. The molecule has 1 aromatic rings. The van der Waals surface area contributed by atoms with Crippen molar-refractivity contribution in [3.05, 3.63) is 23.3 Å². The van der Waals surface area contributed by atoms with E-state index in [4.69, 9.17) is 4.74 Å². The molecule has 1 aromatic carbocycles. The van der Waals surface area contributed by atoms with Crippen LogP contribution in [-0.4, -0.2) is 29.7 Å². The lowest BCUT2D eigenvalue weighted by Crippen LogP contribution is -2.27. The fourth-order valence-corrected chi connectivity index (χ4v) is 3.17. The third-order valence-electron chi connectivity index (χ3n) is 4.74. The Bertz CT molecular complexity index is 528. The number of hydrogen-bond acceptors (Lipinski definition) is 4. The van der Waals surface area contributed by atoms with Crippen LogP contribution in [0.25, 0.3) is 0 Å². The van der Waals surface area contributed by atoms with E-state index in [2.05, 4.69) is 6.92 Å². The van der Waals surface area contributed by atoms with Gasteiger partial charge in [0.1, 0.15) is 0 Å². The fourth-order valence-electron chi connectivity index (χ4n) is 3.17. The van der Waals surface area contributed by atoms with Gasteiger partial charge < -0.3 is 14.9 Å². The molecule has 4 nitrogen and oxygen atoms in total. The van der Waals surface area contributed by atoms with Crippen molar-refractivity contribution in [1.82, 2.24) is 0 Å². The molecule has 2 N–H and O–H groups in total. The van der Waals surface area contributed by atoms with Gasteiger partial charge in [0.05, 0.1) is 7.11 Å². The number of aliphatic hydroxyl groups excluding tert-OH is 1. The molecule has 21 heavy (non-hydrogen) atoms. The number of aromatic hydroxyl groups is 1. The van der Waals surface area contributed by atoms with Crippen molar-refractivity contribution >= 4 is 5.78 Å². The number of phenolic OH excluding ortho intramolecular Hbond substituents is 1. The number of rotatable bonds is 4. The lowest BCUT2D eigenvalue weighted by Gasteiger charge is -2.36. The summed E-state index contributed by atoms with van der Waals surface area (Å²) in [6, 6.07) is 3.30. The minimum absolute atomic E-state index is 0.00227. The van der Waals surface area contributed by atoms with Crippen LogP contribution in [0, 0.1) is 5.41 Å². The maximum absolute atomic E-state index is 11.9. The van der Waals surface area contributed by atoms with E-state index in [1.54, 1.807) is 6.07 Å². The van der Waals surface area contributed by atoms with Crippen LogP contribution in [0.5, 0.6) is 11.5 Å². The molecule has 4 heteroatoms. The molecule has 0 saturated heterocycles. The van der Waals surface area contributed by atoms with Crippen LogP contribution in [0.15, 0.2) is 12.1 Å². The summed E-state index contributed by atoms with van der Waals surface area (Å²) in [4.78, 5) is 11.9. The first-order chi connectivity index (χ1) is 9.90. The monoisotopic (exact) mass is 292 g/mol. The van der Waals surface area contributed by atoms with Gasteiger partial charge in [0, 0.05) is 12.2 Å². The number of phenols is 1. The minimum atomic E-state index is -0.0431. The van der Waals surface area contributed by atoms with Gasteiger partial charge in [-0.2, -0.15) is 0 Å². The Balaban J connectivity index is 2.33. The quantitative estimate of drug-likeness (QED) is 0.836. The van der Waals surface area contributed by atoms with Gasteiger partial charge in [-0.15, -0.1) is 0 Å². The maximum Gasteiger partial charge on any atom is 0.160 e. The molecule has 0 radical (unpaired) electrons. The number of benzene rings is 1. The summed E-state index contributed by atoms with van der Waals surface area (Å²) < 4.78 is 5.17. The zero-order valence-electron chi connectivity index (χ0n) is 13.0. The average molecular weight is 292 g/mol. The van der Waals surface area contributed by atoms with Gasteiger partial charge in [0.2, 0.25) is 0 Å². The summed E-state index contributed by atoms with van der Waals surface area (Å²) in [5.41, 5.74) is 1.52. The fraction of sp³-hybridized carbons (Fsp3) is 0.588. The molecule has 2 rings (SSSR count). The number of Topliss-reactive ketones (excluding diaryl/α,β-unsaturated/α-hetero) is 1. The third kappa shape index (κ3) is 3.21. The first-order valence-electron chi connectivity index (χ1n) is 7.43. The van der Waals surface area contributed by atoms with Gasteiger partial charge in [-0.3, -0.25) is 4.79 Å². The van der Waals surface area contributed by atoms with E-state index < -0.39 is 0 Å². The van der Waals surface area contributed by atoms with Gasteiger partial charge in [0.25, 0.3) is 0 Å². The Kier molecular flexibility index (Phi) is 4.57. The van der Waals surface area contributed by atoms with Gasteiger partial charge >= 0.3 is 0 Å². The number of methoxy groups -OCH3 is 1. The zero-order chi connectivity index (χ0) is 15.6. The number of ether oxygens (including phenoxy) is 1. The van der Waals surface area contributed by atoms with Crippen molar-refractivity contribution in [2.75, 3.05) is 13.7 Å². The summed E-state index contributed by atoms with van der Waals surface area (Å²) in [7, 11) is 1.51. The molecule has 116 valence electrons. The molecule has 1 aliphatic rings. The Labute approximate surface area is 125 Å². The Morgan fingerprint density at radius 2 is 2.00 bits per heavy atom. The summed E-state index contributed by atoms with van der Waals surface area (Å²) in [6.07, 6.45) is 3.75. The van der Waals surface area contributed by atoms with Crippen molar-refractivity contribution in [1.29, 1.82) is 0 Å². The molecule has 0 spiro atoms. The first-order valence-corrected chi connectivity index (χ1v) is 7.43. The van der Waals surface area contributed by atoms with Crippen LogP contribution >= 0.6 is 0 Å². The van der Waals surface area contributed by atoms with E-state index in [-0.39, 0.29) is 29.5 Å². The molecule has 0 aliphatic heterocycles. The zero-order valence-corrected chi connectivity index (χ0v) is 13.0. The van der Waals surface area contributed by atoms with Crippen LogP contribution in [0.1, 0.15) is 61.4 Å².